The van der Waals surface area contributed by atoms with Gasteiger partial charge in [0, 0.05) is 40.9 Å². The highest BCUT2D eigenvalue weighted by Gasteiger charge is 2.53. The Kier molecular flexibility index (Phi) is 13.5. The molecule has 5 heterocycles. The van der Waals surface area contributed by atoms with Crippen molar-refractivity contribution in [1.82, 2.24) is 34.7 Å². The van der Waals surface area contributed by atoms with E-state index < -0.39 is 75.1 Å². The zero-order valence-electron chi connectivity index (χ0n) is 31.6. The monoisotopic (exact) mass is 869 g/mol. The number of amidine groups is 1. The molecule has 3 aromatic heterocycles. The molecule has 0 spiro atoms. The van der Waals surface area contributed by atoms with Crippen molar-refractivity contribution in [3.63, 3.8) is 0 Å². The van der Waals surface area contributed by atoms with Gasteiger partial charge in [-0.2, -0.15) is 0 Å². The van der Waals surface area contributed by atoms with E-state index in [2.05, 4.69) is 25.3 Å². The molecule has 0 aliphatic carbocycles. The number of fused-ring (bicyclic) bond motifs is 1. The van der Waals surface area contributed by atoms with Gasteiger partial charge >= 0.3 is 19.5 Å². The third-order valence-corrected chi connectivity index (χ3v) is 11.6. The van der Waals surface area contributed by atoms with Gasteiger partial charge in [-0.25, -0.2) is 42.7 Å². The van der Waals surface area contributed by atoms with Gasteiger partial charge in [0.1, 0.15) is 36.2 Å². The molecule has 4 aromatic rings. The molecule has 17 nitrogen and oxygen atoms in total. The predicted octanol–water partition coefficient (Wildman–Crippen LogP) is 5.13. The zero-order chi connectivity index (χ0) is 41.8. The lowest BCUT2D eigenvalue weighted by Gasteiger charge is -2.29. The SMILES string of the molecule is CCOC(=O)C1=C(CN2CC(OP(=O)(CO[C@H](C)Cn3cnc4c(N)ncnc43)O[C@H](C)C(=O)OCC)C(F)(F)C2)NC(c2nccs2)=N[C@H]1c1ccc(F)cc1Cl. The summed E-state index contributed by atoms with van der Waals surface area (Å²) >= 11 is 7.69. The third-order valence-electron chi connectivity index (χ3n) is 8.85. The van der Waals surface area contributed by atoms with Gasteiger partial charge in [0.05, 0.1) is 44.3 Å². The number of alkyl halides is 2. The smallest absolute Gasteiger partial charge is 0.357 e. The quantitative estimate of drug-likeness (QED) is 0.104. The maximum Gasteiger partial charge on any atom is 0.357 e. The summed E-state index contributed by atoms with van der Waals surface area (Å²) in [6.45, 7) is 4.38. The van der Waals surface area contributed by atoms with Crippen molar-refractivity contribution in [3.05, 3.63) is 75.1 Å². The van der Waals surface area contributed by atoms with Gasteiger partial charge in [-0.3, -0.25) is 23.5 Å². The Labute approximate surface area is 339 Å². The lowest BCUT2D eigenvalue weighted by molar-refractivity contribution is -0.151. The van der Waals surface area contributed by atoms with Crippen LogP contribution in [0.3, 0.4) is 0 Å². The van der Waals surface area contributed by atoms with Gasteiger partial charge in [-0.15, -0.1) is 11.3 Å². The van der Waals surface area contributed by atoms with Gasteiger partial charge in [0.25, 0.3) is 5.92 Å². The zero-order valence-corrected chi connectivity index (χ0v) is 34.1. The summed E-state index contributed by atoms with van der Waals surface area (Å²) in [5.41, 5.74) is 6.99. The number of likely N-dealkylation sites (tertiary alicyclic amines) is 1. The number of carbonyl (C=O) groups is 2. The molecule has 1 saturated heterocycles. The molecule has 3 N–H and O–H groups in total. The number of esters is 2. The van der Waals surface area contributed by atoms with E-state index >= 15 is 8.78 Å². The fourth-order valence-electron chi connectivity index (χ4n) is 6.26. The number of rotatable bonds is 17. The lowest BCUT2D eigenvalue weighted by Crippen LogP contribution is -2.39. The Balaban J connectivity index is 1.26. The second kappa shape index (κ2) is 18.2. The van der Waals surface area contributed by atoms with Crippen molar-refractivity contribution in [3.8, 4) is 0 Å². The summed E-state index contributed by atoms with van der Waals surface area (Å²) in [5.74, 6) is -5.58. The number of nitrogen functional groups attached to an aromatic ring is 1. The van der Waals surface area contributed by atoms with Gasteiger partial charge in [-0.05, 0) is 39.8 Å². The molecule has 1 aromatic carbocycles. The minimum atomic E-state index is -4.66. The number of carbonyl (C=O) groups excluding carboxylic acids is 2. The molecule has 2 unspecified atom stereocenters. The molecule has 0 bridgehead atoms. The average molecular weight is 870 g/mol. The number of aromatic nitrogens is 5. The van der Waals surface area contributed by atoms with Crippen LogP contribution in [0, 0.1) is 5.82 Å². The summed E-state index contributed by atoms with van der Waals surface area (Å²) in [6.07, 6.45) is -0.786. The van der Waals surface area contributed by atoms with Crippen LogP contribution < -0.4 is 11.1 Å². The topological polar surface area (TPSA) is 208 Å². The fraction of sp³-hybridized carbons (Fsp3) is 0.457. The number of nitrogens with two attached hydrogens (primary N) is 1. The van der Waals surface area contributed by atoms with Crippen molar-refractivity contribution in [2.45, 2.75) is 64.5 Å². The van der Waals surface area contributed by atoms with Crippen LogP contribution >= 0.6 is 30.5 Å². The van der Waals surface area contributed by atoms with Gasteiger partial charge in [0.15, 0.2) is 28.4 Å². The van der Waals surface area contributed by atoms with Gasteiger partial charge in [-0.1, -0.05) is 17.7 Å². The molecular formula is C35H40ClF3N9O8PS. The van der Waals surface area contributed by atoms with Crippen LogP contribution in [0.25, 0.3) is 11.2 Å². The largest absolute Gasteiger partial charge is 0.464 e. The van der Waals surface area contributed by atoms with Gasteiger partial charge in [0.2, 0.25) is 0 Å². The number of nitrogens with one attached hydrogen (secondary N) is 1. The van der Waals surface area contributed by atoms with Crippen molar-refractivity contribution in [2.24, 2.45) is 4.99 Å². The van der Waals surface area contributed by atoms with Crippen LogP contribution in [0.4, 0.5) is 19.0 Å². The predicted molar refractivity (Wildman–Crippen MR) is 206 cm³/mol. The Bertz CT molecular complexity index is 2250. The van der Waals surface area contributed by atoms with E-state index in [4.69, 9.17) is 45.6 Å². The minimum absolute atomic E-state index is 0.0192. The first kappa shape index (κ1) is 43.1. The number of imidazole rings is 1. The number of halogens is 4. The van der Waals surface area contributed by atoms with Gasteiger partial charge < -0.3 is 29.8 Å². The molecule has 1 fully saturated rings. The van der Waals surface area contributed by atoms with E-state index in [-0.39, 0.29) is 59.8 Å². The number of hydrogen-bond donors (Lipinski definition) is 2. The molecular weight excluding hydrogens is 830 g/mol. The maximum atomic E-state index is 16.0. The van der Waals surface area contributed by atoms with E-state index in [1.807, 2.05) is 0 Å². The molecule has 2 aliphatic heterocycles. The van der Waals surface area contributed by atoms with Crippen LogP contribution in [0.2, 0.25) is 5.02 Å². The molecule has 6 rings (SSSR count). The van der Waals surface area contributed by atoms with Crippen molar-refractivity contribution >= 4 is 65.3 Å². The number of ether oxygens (including phenoxy) is 3. The van der Waals surface area contributed by atoms with Crippen molar-refractivity contribution in [1.29, 1.82) is 0 Å². The summed E-state index contributed by atoms with van der Waals surface area (Å²) in [6, 6.07) is 2.47. The van der Waals surface area contributed by atoms with Crippen LogP contribution in [-0.2, 0) is 44.0 Å². The Morgan fingerprint density at radius 2 is 1.93 bits per heavy atom. The molecule has 0 amide bonds. The third kappa shape index (κ3) is 9.85. The van der Waals surface area contributed by atoms with E-state index in [1.54, 1.807) is 30.7 Å². The van der Waals surface area contributed by atoms with E-state index in [0.717, 1.165) is 12.1 Å². The first-order valence-electron chi connectivity index (χ1n) is 18.0. The van der Waals surface area contributed by atoms with E-state index in [9.17, 15) is 18.5 Å². The normalized spacial score (nSPS) is 20.3. The number of thiazole rings is 1. The second-order valence-corrected chi connectivity index (χ2v) is 16.4. The minimum Gasteiger partial charge on any atom is -0.464 e. The Morgan fingerprint density at radius 3 is 2.64 bits per heavy atom. The standard InChI is InChI=1S/C35H40ClF3N9O8PS/c1-5-52-33(49)20(4)55-57(51,18-54-19(3)12-48-17-44-28-29(40)42-16-43-31(28)48)56-25-14-47(15-35(25,38)39)13-24-26(34(50)53-6-2)27(22-8-7-21(37)11-23(22)36)46-30(45-24)32-41-9-10-58-32/h7-11,16-17,19-20,25,27H,5-6,12-15,18H2,1-4H3,(H,45,46)(H2,40,42,43)/t19-,20-,25?,27+,57?/m1/s1. The summed E-state index contributed by atoms with van der Waals surface area (Å²) < 4.78 is 89.5. The highest BCUT2D eigenvalue weighted by atomic mass is 35.5. The molecule has 58 heavy (non-hydrogen) atoms. The summed E-state index contributed by atoms with van der Waals surface area (Å²) in [4.78, 5) is 48.7. The summed E-state index contributed by atoms with van der Waals surface area (Å²) in [5, 5.41) is 5.15. The van der Waals surface area contributed by atoms with E-state index in [0.29, 0.717) is 16.2 Å². The van der Waals surface area contributed by atoms with Crippen LogP contribution in [-0.4, -0.2) is 111 Å². The first-order valence-corrected chi connectivity index (χ1v) is 20.9. The maximum absolute atomic E-state index is 16.0. The number of benzene rings is 1. The lowest BCUT2D eigenvalue weighted by atomic mass is 9.95. The second-order valence-electron chi connectivity index (χ2n) is 13.2. The highest BCUT2D eigenvalue weighted by molar-refractivity contribution is 7.53. The highest BCUT2D eigenvalue weighted by Crippen LogP contribution is 2.53. The fourth-order valence-corrected chi connectivity index (χ4v) is 8.90. The van der Waals surface area contributed by atoms with Crippen molar-refractivity contribution < 1.29 is 50.6 Å². The molecule has 2 aliphatic rings. The number of hydrogen-bond acceptors (Lipinski definition) is 17. The Morgan fingerprint density at radius 1 is 1.16 bits per heavy atom. The number of aliphatic imine (C=N–C) groups is 1. The number of anilines is 1. The van der Waals surface area contributed by atoms with Crippen LogP contribution in [0.1, 0.15) is 44.3 Å². The van der Waals surface area contributed by atoms with Crippen molar-refractivity contribution in [2.75, 3.05) is 44.9 Å². The Hall–Kier alpha value is -4.50. The molecule has 23 heteroatoms. The molecule has 0 radical (unpaired) electrons. The average Bonchev–Trinajstić information content (AvgIpc) is 3.91. The summed E-state index contributed by atoms with van der Waals surface area (Å²) in [7, 11) is -4.66. The molecule has 5 atom stereocenters. The van der Waals surface area contributed by atoms with Crippen LogP contribution in [0.15, 0.2) is 58.7 Å². The number of nitrogens with zero attached hydrogens (tertiary/aromatic N) is 7. The molecule has 0 saturated carbocycles. The van der Waals surface area contributed by atoms with Crippen LogP contribution in [0.5, 0.6) is 0 Å². The molecule has 312 valence electrons. The first-order chi connectivity index (χ1) is 27.6. The van der Waals surface area contributed by atoms with E-state index in [1.165, 1.54) is 48.1 Å².